The minimum atomic E-state index is -3.94. The van der Waals surface area contributed by atoms with Gasteiger partial charge in [-0.2, -0.15) is 0 Å². The maximum atomic E-state index is 12.7. The lowest BCUT2D eigenvalue weighted by Crippen LogP contribution is -2.30. The highest BCUT2D eigenvalue weighted by atomic mass is 32.2. The molecular formula is C18H20N2O5S. The van der Waals surface area contributed by atoms with Crippen molar-refractivity contribution < 1.29 is 18.1 Å². The molecule has 0 fully saturated rings. The Kier molecular flexibility index (Phi) is 5.24. The van der Waals surface area contributed by atoms with Gasteiger partial charge in [0.05, 0.1) is 12.0 Å². The van der Waals surface area contributed by atoms with E-state index in [1.165, 1.54) is 24.8 Å². The Morgan fingerprint density at radius 3 is 2.77 bits per heavy atom. The fourth-order valence-corrected chi connectivity index (χ4v) is 4.61. The molecule has 0 bridgehead atoms. The number of rotatable bonds is 6. The van der Waals surface area contributed by atoms with Gasteiger partial charge in [-0.15, -0.1) is 0 Å². The van der Waals surface area contributed by atoms with Crippen LogP contribution in [0.2, 0.25) is 0 Å². The molecule has 0 radical (unpaired) electrons. The van der Waals surface area contributed by atoms with E-state index in [2.05, 4.69) is 10.8 Å². The van der Waals surface area contributed by atoms with Gasteiger partial charge in [0.2, 0.25) is 10.0 Å². The van der Waals surface area contributed by atoms with E-state index >= 15 is 0 Å². The van der Waals surface area contributed by atoms with Gasteiger partial charge >= 0.3 is 0 Å². The number of benzene rings is 2. The number of hydrogen-bond donors (Lipinski definition) is 1. The predicted molar refractivity (Wildman–Crippen MR) is 97.0 cm³/mol. The lowest BCUT2D eigenvalue weighted by Gasteiger charge is -2.25. The molecule has 0 aromatic heterocycles. The van der Waals surface area contributed by atoms with Gasteiger partial charge in [-0.3, -0.25) is 10.1 Å². The summed E-state index contributed by atoms with van der Waals surface area (Å²) in [6.07, 6.45) is 2.90. The normalized spacial score (nSPS) is 16.7. The molecule has 1 unspecified atom stereocenters. The summed E-state index contributed by atoms with van der Waals surface area (Å²) >= 11 is 0. The highest BCUT2D eigenvalue weighted by Gasteiger charge is 2.26. The van der Waals surface area contributed by atoms with E-state index in [4.69, 9.17) is 4.74 Å². The number of nitro groups is 1. The van der Waals surface area contributed by atoms with E-state index < -0.39 is 14.9 Å². The predicted octanol–water partition coefficient (Wildman–Crippen LogP) is 3.00. The molecule has 0 aliphatic heterocycles. The van der Waals surface area contributed by atoms with Gasteiger partial charge in [-0.05, 0) is 42.4 Å². The third kappa shape index (κ3) is 3.71. The number of aryl methyl sites for hydroxylation is 1. The minimum Gasteiger partial charge on any atom is -0.495 e. The fourth-order valence-electron chi connectivity index (χ4n) is 3.34. The second kappa shape index (κ2) is 7.43. The van der Waals surface area contributed by atoms with Gasteiger partial charge in [0, 0.05) is 18.7 Å². The molecule has 0 saturated carbocycles. The molecule has 1 atom stereocenters. The number of nitrogens with one attached hydrogen (secondary N) is 1. The van der Waals surface area contributed by atoms with Crippen LogP contribution in [0.4, 0.5) is 5.69 Å². The molecule has 0 saturated heterocycles. The summed E-state index contributed by atoms with van der Waals surface area (Å²) < 4.78 is 33.1. The van der Waals surface area contributed by atoms with Crippen molar-refractivity contribution in [3.05, 3.63) is 63.7 Å². The van der Waals surface area contributed by atoms with Crippen molar-refractivity contribution in [3.63, 3.8) is 0 Å². The van der Waals surface area contributed by atoms with Crippen LogP contribution in [0, 0.1) is 10.1 Å². The first kappa shape index (κ1) is 18.3. The maximum absolute atomic E-state index is 12.7. The Labute approximate surface area is 152 Å². The molecule has 2 aromatic rings. The zero-order chi connectivity index (χ0) is 18.7. The van der Waals surface area contributed by atoms with Crippen molar-refractivity contribution in [2.75, 3.05) is 13.7 Å². The maximum Gasteiger partial charge on any atom is 0.271 e. The van der Waals surface area contributed by atoms with Crippen LogP contribution in [0.15, 0.2) is 47.4 Å². The van der Waals surface area contributed by atoms with E-state index in [1.807, 2.05) is 18.2 Å². The number of ether oxygens (including phenoxy) is 1. The Hall–Kier alpha value is -2.45. The smallest absolute Gasteiger partial charge is 0.271 e. The second-order valence-corrected chi connectivity index (χ2v) is 7.97. The topological polar surface area (TPSA) is 98.5 Å². The zero-order valence-corrected chi connectivity index (χ0v) is 15.2. The van der Waals surface area contributed by atoms with Crippen molar-refractivity contribution in [1.82, 2.24) is 4.72 Å². The summed E-state index contributed by atoms with van der Waals surface area (Å²) in [6.45, 7) is 0.241. The number of sulfonamides is 1. The number of non-ortho nitro benzene ring substituents is 1. The molecule has 2 aromatic carbocycles. The third-order valence-corrected chi connectivity index (χ3v) is 6.11. The quantitative estimate of drug-likeness (QED) is 0.617. The van der Waals surface area contributed by atoms with Crippen LogP contribution in [0.1, 0.15) is 29.9 Å². The molecule has 3 rings (SSSR count). The monoisotopic (exact) mass is 376 g/mol. The van der Waals surface area contributed by atoms with Crippen LogP contribution < -0.4 is 9.46 Å². The van der Waals surface area contributed by atoms with Crippen molar-refractivity contribution in [2.24, 2.45) is 0 Å². The number of nitrogens with zero attached hydrogens (tertiary/aromatic N) is 1. The molecule has 1 aliphatic carbocycles. The summed E-state index contributed by atoms with van der Waals surface area (Å²) in [7, 11) is -2.61. The van der Waals surface area contributed by atoms with Gasteiger partial charge in [-0.25, -0.2) is 13.1 Å². The SMILES string of the molecule is COc1ccc([N+](=O)[O-])cc1S(=O)(=O)NCC1CCCc2ccccc21. The van der Waals surface area contributed by atoms with Crippen LogP contribution in [-0.4, -0.2) is 27.0 Å². The lowest BCUT2D eigenvalue weighted by molar-refractivity contribution is -0.385. The van der Waals surface area contributed by atoms with E-state index in [1.54, 1.807) is 0 Å². The number of hydrogen-bond acceptors (Lipinski definition) is 5. The minimum absolute atomic E-state index is 0.0761. The van der Waals surface area contributed by atoms with Crippen LogP contribution in [0.3, 0.4) is 0 Å². The van der Waals surface area contributed by atoms with E-state index in [-0.39, 0.29) is 28.8 Å². The highest BCUT2D eigenvalue weighted by Crippen LogP contribution is 2.32. The largest absolute Gasteiger partial charge is 0.495 e. The molecule has 1 N–H and O–H groups in total. The summed E-state index contributed by atoms with van der Waals surface area (Å²) in [4.78, 5) is 10.1. The first-order valence-electron chi connectivity index (χ1n) is 8.32. The molecule has 138 valence electrons. The third-order valence-electron chi connectivity index (χ3n) is 4.66. The van der Waals surface area contributed by atoms with Crippen LogP contribution in [0.25, 0.3) is 0 Å². The number of fused-ring (bicyclic) bond motifs is 1. The van der Waals surface area contributed by atoms with Gasteiger partial charge < -0.3 is 4.74 Å². The van der Waals surface area contributed by atoms with Crippen LogP contribution >= 0.6 is 0 Å². The first-order valence-corrected chi connectivity index (χ1v) is 9.80. The van der Waals surface area contributed by atoms with Gasteiger partial charge in [0.25, 0.3) is 5.69 Å². The zero-order valence-electron chi connectivity index (χ0n) is 14.3. The van der Waals surface area contributed by atoms with Gasteiger partial charge in [0.1, 0.15) is 10.6 Å². The lowest BCUT2D eigenvalue weighted by atomic mass is 9.83. The van der Waals surface area contributed by atoms with Gasteiger partial charge in [0.15, 0.2) is 0 Å². The molecule has 1 aliphatic rings. The molecule has 8 heteroatoms. The Bertz CT molecular complexity index is 927. The van der Waals surface area contributed by atoms with Crippen molar-refractivity contribution in [3.8, 4) is 5.75 Å². The average molecular weight is 376 g/mol. The Balaban J connectivity index is 1.84. The summed E-state index contributed by atoms with van der Waals surface area (Å²) in [6, 6.07) is 11.6. The summed E-state index contributed by atoms with van der Waals surface area (Å²) in [5, 5.41) is 11.0. The molecule has 26 heavy (non-hydrogen) atoms. The molecular weight excluding hydrogens is 356 g/mol. The van der Waals surface area contributed by atoms with Gasteiger partial charge in [-0.1, -0.05) is 24.3 Å². The molecule has 0 heterocycles. The van der Waals surface area contributed by atoms with E-state index in [0.29, 0.717) is 0 Å². The number of nitro benzene ring substituents is 1. The van der Waals surface area contributed by atoms with Crippen molar-refractivity contribution in [1.29, 1.82) is 0 Å². The van der Waals surface area contributed by atoms with Crippen LogP contribution in [0.5, 0.6) is 5.75 Å². The second-order valence-electron chi connectivity index (χ2n) is 6.23. The molecule has 0 amide bonds. The average Bonchev–Trinajstić information content (AvgIpc) is 2.65. The summed E-state index contributed by atoms with van der Waals surface area (Å²) in [5.41, 5.74) is 2.11. The molecule has 7 nitrogen and oxygen atoms in total. The van der Waals surface area contributed by atoms with Crippen LogP contribution in [-0.2, 0) is 16.4 Å². The Morgan fingerprint density at radius 1 is 1.27 bits per heavy atom. The summed E-state index contributed by atoms with van der Waals surface area (Å²) in [5.74, 6) is 0.159. The fraction of sp³-hybridized carbons (Fsp3) is 0.333. The van der Waals surface area contributed by atoms with E-state index in [0.717, 1.165) is 30.9 Å². The standard InChI is InChI=1S/C18H20N2O5S/c1-25-17-10-9-15(20(21)22)11-18(17)26(23,24)19-12-14-7-4-6-13-5-2-3-8-16(13)14/h2-3,5,8-11,14,19H,4,6-7,12H2,1H3. The Morgan fingerprint density at radius 2 is 2.04 bits per heavy atom. The van der Waals surface area contributed by atoms with Crippen molar-refractivity contribution >= 4 is 15.7 Å². The number of methoxy groups -OCH3 is 1. The van der Waals surface area contributed by atoms with Crippen molar-refractivity contribution in [2.45, 2.75) is 30.1 Å². The molecule has 0 spiro atoms. The van der Waals surface area contributed by atoms with E-state index in [9.17, 15) is 18.5 Å². The highest BCUT2D eigenvalue weighted by molar-refractivity contribution is 7.89. The first-order chi connectivity index (χ1) is 12.4.